The molecule has 0 radical (unpaired) electrons. The van der Waals surface area contributed by atoms with E-state index in [1.807, 2.05) is 19.1 Å². The van der Waals surface area contributed by atoms with Gasteiger partial charge in [0, 0.05) is 19.2 Å². The van der Waals surface area contributed by atoms with Crippen molar-refractivity contribution in [3.05, 3.63) is 23.9 Å². The van der Waals surface area contributed by atoms with Crippen LogP contribution >= 0.6 is 0 Å². The van der Waals surface area contributed by atoms with Crippen LogP contribution in [0.3, 0.4) is 0 Å². The van der Waals surface area contributed by atoms with Crippen LogP contribution in [-0.2, 0) is 4.79 Å². The predicted molar refractivity (Wildman–Crippen MR) is 54.3 cm³/mol. The first-order valence-corrected chi connectivity index (χ1v) is 4.57. The summed E-state index contributed by atoms with van der Waals surface area (Å²) in [7, 11) is 0. The minimum atomic E-state index is -0.760. The van der Waals surface area contributed by atoms with Crippen LogP contribution in [0.5, 0.6) is 0 Å². The van der Waals surface area contributed by atoms with Crippen molar-refractivity contribution in [1.82, 2.24) is 4.98 Å². The largest absolute Gasteiger partial charge is 0.481 e. The van der Waals surface area contributed by atoms with Gasteiger partial charge in [-0.1, -0.05) is 6.07 Å². The van der Waals surface area contributed by atoms with Gasteiger partial charge in [-0.25, -0.2) is 4.98 Å². The van der Waals surface area contributed by atoms with Gasteiger partial charge in [0.25, 0.3) is 0 Å². The molecule has 1 aromatic rings. The van der Waals surface area contributed by atoms with E-state index in [1.165, 1.54) is 0 Å². The van der Waals surface area contributed by atoms with Crippen LogP contribution in [0.25, 0.3) is 0 Å². The van der Waals surface area contributed by atoms with Gasteiger partial charge in [0.2, 0.25) is 0 Å². The number of carboxylic acid groups (broad SMARTS) is 1. The zero-order valence-electron chi connectivity index (χ0n) is 8.16. The summed E-state index contributed by atoms with van der Waals surface area (Å²) in [5, 5.41) is 11.5. The average molecular weight is 194 g/mol. The summed E-state index contributed by atoms with van der Waals surface area (Å²) in [6.45, 7) is 2.61. The van der Waals surface area contributed by atoms with E-state index in [1.54, 1.807) is 6.20 Å². The van der Waals surface area contributed by atoms with Crippen LogP contribution in [0.1, 0.15) is 18.4 Å². The summed E-state index contributed by atoms with van der Waals surface area (Å²) in [4.78, 5) is 14.4. The number of carbonyl (C=O) groups is 1. The van der Waals surface area contributed by atoms with Crippen molar-refractivity contribution in [1.29, 1.82) is 0 Å². The Balaban J connectivity index is 2.31. The Bertz CT molecular complexity index is 313. The summed E-state index contributed by atoms with van der Waals surface area (Å²) in [6, 6.07) is 3.84. The maximum absolute atomic E-state index is 10.2. The van der Waals surface area contributed by atoms with Crippen LogP contribution in [0.15, 0.2) is 18.3 Å². The van der Waals surface area contributed by atoms with E-state index in [2.05, 4.69) is 10.3 Å². The molecule has 0 aliphatic heterocycles. The molecule has 0 bridgehead atoms. The van der Waals surface area contributed by atoms with Crippen molar-refractivity contribution in [2.75, 3.05) is 11.9 Å². The second-order valence-electron chi connectivity index (χ2n) is 3.09. The van der Waals surface area contributed by atoms with E-state index >= 15 is 0 Å². The van der Waals surface area contributed by atoms with E-state index in [-0.39, 0.29) is 6.42 Å². The number of rotatable bonds is 5. The molecule has 0 unspecified atom stereocenters. The Kier molecular flexibility index (Phi) is 3.91. The molecule has 0 saturated carbocycles. The van der Waals surface area contributed by atoms with Gasteiger partial charge in [-0.15, -0.1) is 0 Å². The average Bonchev–Trinajstić information content (AvgIpc) is 2.15. The Morgan fingerprint density at radius 3 is 3.07 bits per heavy atom. The van der Waals surface area contributed by atoms with E-state index in [9.17, 15) is 4.79 Å². The summed E-state index contributed by atoms with van der Waals surface area (Å²) in [5.41, 5.74) is 1.07. The van der Waals surface area contributed by atoms with Crippen molar-refractivity contribution in [2.24, 2.45) is 0 Å². The molecule has 76 valence electrons. The van der Waals surface area contributed by atoms with Crippen molar-refractivity contribution < 1.29 is 9.90 Å². The van der Waals surface area contributed by atoms with Gasteiger partial charge in [0.05, 0.1) is 0 Å². The lowest BCUT2D eigenvalue weighted by Crippen LogP contribution is -2.06. The highest BCUT2D eigenvalue weighted by atomic mass is 16.4. The standard InChI is InChI=1S/C10H14N2O2/c1-8-4-2-6-11-10(8)12-7-3-5-9(13)14/h2,4,6H,3,5,7H2,1H3,(H,11,12)(H,13,14). The summed E-state index contributed by atoms with van der Waals surface area (Å²) >= 11 is 0. The molecule has 0 spiro atoms. The van der Waals surface area contributed by atoms with Crippen LogP contribution in [-0.4, -0.2) is 22.6 Å². The first kappa shape index (κ1) is 10.5. The third-order valence-corrected chi connectivity index (χ3v) is 1.87. The number of nitrogens with one attached hydrogen (secondary N) is 1. The fraction of sp³-hybridized carbons (Fsp3) is 0.400. The summed E-state index contributed by atoms with van der Waals surface area (Å²) in [6.07, 6.45) is 2.52. The highest BCUT2D eigenvalue weighted by molar-refractivity contribution is 5.66. The van der Waals surface area contributed by atoms with Gasteiger partial charge in [0.15, 0.2) is 0 Å². The van der Waals surface area contributed by atoms with E-state index in [4.69, 9.17) is 5.11 Å². The zero-order valence-corrected chi connectivity index (χ0v) is 8.16. The van der Waals surface area contributed by atoms with Crippen LogP contribution in [0.2, 0.25) is 0 Å². The molecule has 0 amide bonds. The minimum Gasteiger partial charge on any atom is -0.481 e. The normalized spacial score (nSPS) is 9.79. The van der Waals surface area contributed by atoms with Crippen molar-refractivity contribution in [2.45, 2.75) is 19.8 Å². The number of nitrogens with zero attached hydrogens (tertiary/aromatic N) is 1. The Hall–Kier alpha value is -1.58. The van der Waals surface area contributed by atoms with Gasteiger partial charge in [-0.05, 0) is 25.0 Å². The molecule has 0 saturated heterocycles. The lowest BCUT2D eigenvalue weighted by molar-refractivity contribution is -0.137. The number of aromatic nitrogens is 1. The molecule has 1 heterocycles. The molecule has 2 N–H and O–H groups in total. The second-order valence-corrected chi connectivity index (χ2v) is 3.09. The third kappa shape index (κ3) is 3.43. The highest BCUT2D eigenvalue weighted by Crippen LogP contribution is 2.08. The fourth-order valence-electron chi connectivity index (χ4n) is 1.12. The second kappa shape index (κ2) is 5.21. The Labute approximate surface area is 83.0 Å². The SMILES string of the molecule is Cc1cccnc1NCCCC(=O)O. The highest BCUT2D eigenvalue weighted by Gasteiger charge is 1.98. The molecule has 0 aromatic carbocycles. The number of aliphatic carboxylic acids is 1. The summed E-state index contributed by atoms with van der Waals surface area (Å²) < 4.78 is 0. The minimum absolute atomic E-state index is 0.193. The molecule has 0 fully saturated rings. The molecule has 4 heteroatoms. The molecular weight excluding hydrogens is 180 g/mol. The molecule has 0 aliphatic carbocycles. The maximum Gasteiger partial charge on any atom is 0.303 e. The van der Waals surface area contributed by atoms with Gasteiger partial charge in [-0.3, -0.25) is 4.79 Å². The van der Waals surface area contributed by atoms with Gasteiger partial charge >= 0.3 is 5.97 Å². The number of pyridine rings is 1. The van der Waals surface area contributed by atoms with E-state index < -0.39 is 5.97 Å². The molecular formula is C10H14N2O2. The quantitative estimate of drug-likeness (QED) is 0.700. The topological polar surface area (TPSA) is 62.2 Å². The Morgan fingerprint density at radius 2 is 2.43 bits per heavy atom. The molecule has 14 heavy (non-hydrogen) atoms. The number of hydrogen-bond acceptors (Lipinski definition) is 3. The summed E-state index contributed by atoms with van der Waals surface area (Å²) in [5.74, 6) is 0.0717. The Morgan fingerprint density at radius 1 is 1.64 bits per heavy atom. The number of hydrogen-bond donors (Lipinski definition) is 2. The number of aryl methyl sites for hydroxylation is 1. The lowest BCUT2D eigenvalue weighted by Gasteiger charge is -2.06. The van der Waals surface area contributed by atoms with E-state index in [0.29, 0.717) is 13.0 Å². The number of carboxylic acids is 1. The van der Waals surface area contributed by atoms with Crippen molar-refractivity contribution >= 4 is 11.8 Å². The molecule has 4 nitrogen and oxygen atoms in total. The molecule has 0 aliphatic rings. The van der Waals surface area contributed by atoms with Crippen molar-refractivity contribution in [3.8, 4) is 0 Å². The third-order valence-electron chi connectivity index (χ3n) is 1.87. The van der Waals surface area contributed by atoms with Crippen LogP contribution in [0.4, 0.5) is 5.82 Å². The molecule has 1 aromatic heterocycles. The van der Waals surface area contributed by atoms with Gasteiger partial charge in [-0.2, -0.15) is 0 Å². The smallest absolute Gasteiger partial charge is 0.303 e. The van der Waals surface area contributed by atoms with Crippen LogP contribution in [0, 0.1) is 6.92 Å². The maximum atomic E-state index is 10.2. The first-order valence-electron chi connectivity index (χ1n) is 4.57. The molecule has 1 rings (SSSR count). The predicted octanol–water partition coefficient (Wildman–Crippen LogP) is 1.67. The van der Waals surface area contributed by atoms with Gasteiger partial charge in [0.1, 0.15) is 5.82 Å². The first-order chi connectivity index (χ1) is 6.70. The fourth-order valence-corrected chi connectivity index (χ4v) is 1.12. The number of anilines is 1. The van der Waals surface area contributed by atoms with Crippen molar-refractivity contribution in [3.63, 3.8) is 0 Å². The van der Waals surface area contributed by atoms with Crippen LogP contribution < -0.4 is 5.32 Å². The lowest BCUT2D eigenvalue weighted by atomic mass is 10.2. The monoisotopic (exact) mass is 194 g/mol. The zero-order chi connectivity index (χ0) is 10.4. The van der Waals surface area contributed by atoms with E-state index in [0.717, 1.165) is 11.4 Å². The van der Waals surface area contributed by atoms with Gasteiger partial charge < -0.3 is 10.4 Å². The molecule has 0 atom stereocenters.